The van der Waals surface area contributed by atoms with Crippen LogP contribution in [0, 0.1) is 17.8 Å². The Hall–Kier alpha value is -3.21. The number of aliphatic hydroxyl groups excluding tert-OH is 1. The number of halogens is 2. The van der Waals surface area contributed by atoms with Crippen LogP contribution >= 0.6 is 0 Å². The fourth-order valence-corrected chi connectivity index (χ4v) is 4.14. The molecule has 1 rings (SSSR count). The molecule has 0 saturated carbocycles. The lowest BCUT2D eigenvalue weighted by atomic mass is 9.88. The fraction of sp³-hybridized carbons (Fsp3) is 0.607. The number of hydrogen-bond donors (Lipinski definition) is 4. The molecule has 39 heavy (non-hydrogen) atoms. The number of carbonyl (C=O) groups is 5. The Labute approximate surface area is 228 Å². The normalized spacial score (nSPS) is 15.5. The van der Waals surface area contributed by atoms with Crippen molar-refractivity contribution in [2.75, 3.05) is 0 Å². The summed E-state index contributed by atoms with van der Waals surface area (Å²) in [5, 5.41) is 15.1. The van der Waals surface area contributed by atoms with E-state index in [1.54, 1.807) is 44.2 Å². The van der Waals surface area contributed by atoms with E-state index in [-0.39, 0.29) is 43.8 Å². The molecule has 0 aliphatic carbocycles. The molecule has 0 aliphatic rings. The summed E-state index contributed by atoms with van der Waals surface area (Å²) in [6.07, 6.45) is -3.09. The summed E-state index contributed by atoms with van der Waals surface area (Å²) >= 11 is 0. The highest BCUT2D eigenvalue weighted by Gasteiger charge is 2.40. The van der Waals surface area contributed by atoms with Gasteiger partial charge in [0.25, 0.3) is 5.92 Å². The number of primary amides is 1. The van der Waals surface area contributed by atoms with Gasteiger partial charge in [-0.05, 0) is 31.2 Å². The number of amides is 3. The van der Waals surface area contributed by atoms with E-state index in [9.17, 15) is 37.9 Å². The molecule has 0 heterocycles. The molecule has 5 N–H and O–H groups in total. The Morgan fingerprint density at radius 2 is 1.56 bits per heavy atom. The number of Topliss-reactive ketones (excluding diaryl/α,β-unsaturated/α-hetero) is 2. The molecule has 5 atom stereocenters. The van der Waals surface area contributed by atoms with Crippen LogP contribution in [0.4, 0.5) is 8.78 Å². The van der Waals surface area contributed by atoms with Gasteiger partial charge in [-0.3, -0.25) is 19.2 Å². The molecule has 0 aromatic heterocycles. The van der Waals surface area contributed by atoms with Crippen LogP contribution in [-0.2, 0) is 30.4 Å². The van der Waals surface area contributed by atoms with E-state index in [1.165, 1.54) is 13.8 Å². The third-order valence-electron chi connectivity index (χ3n) is 6.52. The molecule has 3 amide bonds. The van der Waals surface area contributed by atoms with Crippen molar-refractivity contribution in [1.82, 2.24) is 10.6 Å². The van der Waals surface area contributed by atoms with Crippen molar-refractivity contribution in [2.45, 2.75) is 90.8 Å². The molecule has 1 aromatic rings. The second kappa shape index (κ2) is 15.4. The van der Waals surface area contributed by atoms with Crippen molar-refractivity contribution < 1.29 is 37.9 Å². The van der Waals surface area contributed by atoms with E-state index in [0.29, 0.717) is 6.92 Å². The van der Waals surface area contributed by atoms with Gasteiger partial charge >= 0.3 is 0 Å². The third kappa shape index (κ3) is 12.0. The summed E-state index contributed by atoms with van der Waals surface area (Å²) in [6.45, 7) is 6.90. The number of hydrogen-bond acceptors (Lipinski definition) is 6. The van der Waals surface area contributed by atoms with Crippen molar-refractivity contribution in [3.05, 3.63) is 35.9 Å². The second-order valence-corrected chi connectivity index (χ2v) is 10.6. The average Bonchev–Trinajstić information content (AvgIpc) is 2.83. The molecule has 2 unspecified atom stereocenters. The quantitative estimate of drug-likeness (QED) is 0.232. The van der Waals surface area contributed by atoms with Gasteiger partial charge in [0.05, 0.1) is 12.1 Å². The monoisotopic (exact) mass is 553 g/mol. The van der Waals surface area contributed by atoms with Gasteiger partial charge in [0.15, 0.2) is 5.78 Å². The smallest absolute Gasteiger partial charge is 0.272 e. The van der Waals surface area contributed by atoms with Gasteiger partial charge in [-0.25, -0.2) is 8.78 Å². The first-order chi connectivity index (χ1) is 18.0. The Morgan fingerprint density at radius 3 is 2.05 bits per heavy atom. The molecule has 0 radical (unpaired) electrons. The van der Waals surface area contributed by atoms with Crippen molar-refractivity contribution in [2.24, 2.45) is 23.5 Å². The predicted octanol–water partition coefficient (Wildman–Crippen LogP) is 2.33. The van der Waals surface area contributed by atoms with Gasteiger partial charge in [0.1, 0.15) is 11.9 Å². The van der Waals surface area contributed by atoms with Crippen LogP contribution in [-0.4, -0.2) is 58.5 Å². The minimum Gasteiger partial charge on any atom is -0.385 e. The standard InChI is InChI=1S/C28H41F2N3O6/c1-16(2)20(14-18(4)34)27(39)33-22(15-19-9-7-6-8-10-19)23(35)13-17(3)26(38)32-21(11-12-24(31)36)25(37)28(5,29)30/h6-10,16-17,20-22,25,37H,11-15H2,1-5H3,(H2,31,36)(H,32,38)(H,33,39)/t17-,20+,21?,22+,25?/m1/s1. The first-order valence-electron chi connectivity index (χ1n) is 13.0. The summed E-state index contributed by atoms with van der Waals surface area (Å²) in [5.41, 5.74) is 5.86. The minimum atomic E-state index is -3.56. The summed E-state index contributed by atoms with van der Waals surface area (Å²) in [4.78, 5) is 62.0. The maximum absolute atomic E-state index is 13.8. The SMILES string of the molecule is CC(=O)C[C@H](C(=O)N[C@@H](Cc1ccccc1)C(=O)C[C@@H](C)C(=O)NC(CCC(N)=O)C(O)C(C)(F)F)C(C)C. The van der Waals surface area contributed by atoms with E-state index in [0.717, 1.165) is 5.56 Å². The molecule has 1 aromatic carbocycles. The Morgan fingerprint density at radius 1 is 0.974 bits per heavy atom. The summed E-state index contributed by atoms with van der Waals surface area (Å²) < 4.78 is 27.5. The number of alkyl halides is 2. The number of nitrogens with two attached hydrogens (primary N) is 1. The van der Waals surface area contributed by atoms with Crippen molar-refractivity contribution in [1.29, 1.82) is 0 Å². The lowest BCUT2D eigenvalue weighted by molar-refractivity contribution is -0.137. The van der Waals surface area contributed by atoms with E-state index in [1.807, 2.05) is 0 Å². The summed E-state index contributed by atoms with van der Waals surface area (Å²) in [5.74, 6) is -8.00. The number of carbonyl (C=O) groups excluding carboxylic acids is 5. The van der Waals surface area contributed by atoms with Crippen LogP contribution in [0.3, 0.4) is 0 Å². The van der Waals surface area contributed by atoms with Crippen LogP contribution < -0.4 is 16.4 Å². The highest BCUT2D eigenvalue weighted by molar-refractivity contribution is 5.94. The molecule has 0 aliphatic heterocycles. The molecule has 0 saturated heterocycles. The van der Waals surface area contributed by atoms with Crippen LogP contribution in [0.25, 0.3) is 0 Å². The minimum absolute atomic E-state index is 0.0195. The zero-order valence-electron chi connectivity index (χ0n) is 23.2. The Kier molecular flexibility index (Phi) is 13.4. The van der Waals surface area contributed by atoms with Crippen LogP contribution in [0.1, 0.15) is 65.9 Å². The zero-order chi connectivity index (χ0) is 29.9. The van der Waals surface area contributed by atoms with Crippen LogP contribution in [0.15, 0.2) is 30.3 Å². The molecule has 9 nitrogen and oxygen atoms in total. The van der Waals surface area contributed by atoms with E-state index in [2.05, 4.69) is 10.6 Å². The highest BCUT2D eigenvalue weighted by Crippen LogP contribution is 2.23. The molecule has 0 spiro atoms. The van der Waals surface area contributed by atoms with Gasteiger partial charge in [-0.2, -0.15) is 0 Å². The number of nitrogens with one attached hydrogen (secondary N) is 2. The topological polar surface area (TPSA) is 156 Å². The maximum Gasteiger partial charge on any atom is 0.272 e. The van der Waals surface area contributed by atoms with Crippen LogP contribution in [0.2, 0.25) is 0 Å². The van der Waals surface area contributed by atoms with E-state index in [4.69, 9.17) is 5.73 Å². The molecule has 0 bridgehead atoms. The van der Waals surface area contributed by atoms with E-state index >= 15 is 0 Å². The zero-order valence-corrected chi connectivity index (χ0v) is 23.2. The number of aliphatic hydroxyl groups is 1. The molecule has 11 heteroatoms. The van der Waals surface area contributed by atoms with Gasteiger partial charge in [0.2, 0.25) is 17.7 Å². The fourth-order valence-electron chi connectivity index (χ4n) is 4.14. The lowest BCUT2D eigenvalue weighted by Crippen LogP contribution is -2.52. The predicted molar refractivity (Wildman–Crippen MR) is 141 cm³/mol. The van der Waals surface area contributed by atoms with Gasteiger partial charge in [-0.1, -0.05) is 51.1 Å². The average molecular weight is 554 g/mol. The molecular formula is C28H41F2N3O6. The number of rotatable bonds is 17. The Balaban J connectivity index is 3.06. The number of benzene rings is 1. The molecular weight excluding hydrogens is 512 g/mol. The Bertz CT molecular complexity index is 997. The second-order valence-electron chi connectivity index (χ2n) is 10.6. The molecule has 0 fully saturated rings. The highest BCUT2D eigenvalue weighted by atomic mass is 19.3. The molecule has 218 valence electrons. The summed E-state index contributed by atoms with van der Waals surface area (Å²) in [6, 6.07) is 6.46. The lowest BCUT2D eigenvalue weighted by Gasteiger charge is -2.29. The third-order valence-corrected chi connectivity index (χ3v) is 6.52. The maximum atomic E-state index is 13.8. The largest absolute Gasteiger partial charge is 0.385 e. The summed E-state index contributed by atoms with van der Waals surface area (Å²) in [7, 11) is 0. The first-order valence-corrected chi connectivity index (χ1v) is 13.0. The van der Waals surface area contributed by atoms with Crippen molar-refractivity contribution in [3.8, 4) is 0 Å². The van der Waals surface area contributed by atoms with Gasteiger partial charge in [-0.15, -0.1) is 0 Å². The van der Waals surface area contributed by atoms with Crippen molar-refractivity contribution in [3.63, 3.8) is 0 Å². The van der Waals surface area contributed by atoms with Gasteiger partial charge < -0.3 is 26.3 Å². The first kappa shape index (κ1) is 33.8. The van der Waals surface area contributed by atoms with Crippen molar-refractivity contribution >= 4 is 29.3 Å². The number of ketones is 2. The van der Waals surface area contributed by atoms with Crippen LogP contribution in [0.5, 0.6) is 0 Å². The van der Waals surface area contributed by atoms with Gasteiger partial charge in [0, 0.05) is 38.0 Å². The van der Waals surface area contributed by atoms with E-state index < -0.39 is 59.5 Å².